The van der Waals surface area contributed by atoms with Gasteiger partial charge in [0.2, 0.25) is 0 Å². The Hall–Kier alpha value is -2.11. The van der Waals surface area contributed by atoms with Crippen molar-refractivity contribution in [2.45, 2.75) is 419 Å². The third-order valence-electron chi connectivity index (χ3n) is 16.7. The van der Waals surface area contributed by atoms with E-state index < -0.39 is 6.10 Å². The molecule has 0 rings (SSSR count). The Morgan fingerprint density at radius 1 is 0.250 bits per heavy atom. The summed E-state index contributed by atoms with van der Waals surface area (Å²) in [5, 5.41) is 0. The second-order valence-corrected chi connectivity index (χ2v) is 24.9. The molecule has 0 aromatic rings. The lowest BCUT2D eigenvalue weighted by Gasteiger charge is -2.18. The quantitative estimate of drug-likeness (QED) is 0.0261. The zero-order valence-electron chi connectivity index (χ0n) is 54.4. The van der Waals surface area contributed by atoms with E-state index >= 15 is 0 Å². The molecule has 0 N–H and O–H groups in total. The molecule has 1 atom stereocenters. The van der Waals surface area contributed by atoms with Gasteiger partial charge in [0.1, 0.15) is 13.2 Å². The molecule has 6 heteroatoms. The smallest absolute Gasteiger partial charge is 0.306 e. The molecule has 0 amide bonds. The maximum Gasteiger partial charge on any atom is 0.306 e. The monoisotopic (exact) mass is 1130 g/mol. The number of rotatable bonds is 68. The molecule has 472 valence electrons. The van der Waals surface area contributed by atoms with Gasteiger partial charge in [0.15, 0.2) is 6.10 Å². The van der Waals surface area contributed by atoms with E-state index in [1.807, 2.05) is 0 Å². The van der Waals surface area contributed by atoms with Gasteiger partial charge in [0, 0.05) is 19.3 Å². The summed E-state index contributed by atoms with van der Waals surface area (Å²) in [6.07, 6.45) is 85.5. The van der Waals surface area contributed by atoms with E-state index in [1.165, 1.54) is 308 Å². The molecule has 0 aliphatic rings. The van der Waals surface area contributed by atoms with Gasteiger partial charge < -0.3 is 14.2 Å². The van der Waals surface area contributed by atoms with Crippen molar-refractivity contribution in [3.05, 3.63) is 24.3 Å². The van der Waals surface area contributed by atoms with Crippen LogP contribution in [-0.4, -0.2) is 37.2 Å². The standard InChI is InChI=1S/C74H140O6/c1-4-7-10-13-16-18-20-22-24-26-28-30-32-34-36-37-39-40-42-44-46-48-50-52-54-56-58-61-64-67-73(76)79-70-71(69-78-72(75)66-63-60-15-12-9-6-3)80-74(77)68-65-62-59-57-55-53-51-49-47-45-43-41-38-35-33-31-29-27-25-23-21-19-17-14-11-8-5-2/h21,23,27,29,71H,4-20,22,24-26,28,30-70H2,1-3H3/b23-21-,29-27-. The van der Waals surface area contributed by atoms with Gasteiger partial charge in [0.25, 0.3) is 0 Å². The van der Waals surface area contributed by atoms with Crippen LogP contribution in [0.5, 0.6) is 0 Å². The Morgan fingerprint density at radius 3 is 0.688 bits per heavy atom. The number of carbonyl (C=O) groups excluding carboxylic acids is 3. The van der Waals surface area contributed by atoms with Gasteiger partial charge in [-0.2, -0.15) is 0 Å². The van der Waals surface area contributed by atoms with E-state index in [4.69, 9.17) is 14.2 Å². The molecule has 0 heterocycles. The highest BCUT2D eigenvalue weighted by atomic mass is 16.6. The Kier molecular flexibility index (Phi) is 67.6. The molecule has 0 aliphatic carbocycles. The maximum atomic E-state index is 12.9. The Morgan fingerprint density at radius 2 is 0.450 bits per heavy atom. The maximum absolute atomic E-state index is 12.9. The van der Waals surface area contributed by atoms with Crippen molar-refractivity contribution >= 4 is 17.9 Å². The summed E-state index contributed by atoms with van der Waals surface area (Å²) in [4.78, 5) is 38.1. The average Bonchev–Trinajstić information content (AvgIpc) is 3.46. The van der Waals surface area contributed by atoms with E-state index in [2.05, 4.69) is 45.1 Å². The number of carbonyl (C=O) groups is 3. The van der Waals surface area contributed by atoms with Crippen LogP contribution in [-0.2, 0) is 28.6 Å². The summed E-state index contributed by atoms with van der Waals surface area (Å²) in [5.74, 6) is -0.846. The zero-order valence-corrected chi connectivity index (χ0v) is 54.4. The fourth-order valence-electron chi connectivity index (χ4n) is 11.2. The predicted octanol–water partition coefficient (Wildman–Crippen LogP) is 25.0. The van der Waals surface area contributed by atoms with Gasteiger partial charge in [-0.3, -0.25) is 14.4 Å². The molecule has 0 aromatic heterocycles. The fraction of sp³-hybridized carbons (Fsp3) is 0.905. The SMILES string of the molecule is CCCCCCC/C=C\C/C=C\CCCCCCCCCCCCCCCCCC(=O)OC(COC(=O)CCCCCCCC)COC(=O)CCCCCCCCCCCCCCCCCCCCCCCCCCCCCCC. The van der Waals surface area contributed by atoms with Crippen molar-refractivity contribution in [3.8, 4) is 0 Å². The summed E-state index contributed by atoms with van der Waals surface area (Å²) >= 11 is 0. The van der Waals surface area contributed by atoms with Crippen LogP contribution in [0.2, 0.25) is 0 Å². The molecule has 1 unspecified atom stereocenters. The van der Waals surface area contributed by atoms with Gasteiger partial charge in [-0.1, -0.05) is 366 Å². The van der Waals surface area contributed by atoms with Crippen LogP contribution >= 0.6 is 0 Å². The van der Waals surface area contributed by atoms with Crippen molar-refractivity contribution in [2.75, 3.05) is 13.2 Å². The van der Waals surface area contributed by atoms with Crippen molar-refractivity contribution in [1.29, 1.82) is 0 Å². The van der Waals surface area contributed by atoms with E-state index in [0.29, 0.717) is 19.3 Å². The number of esters is 3. The Bertz CT molecular complexity index is 1290. The molecular weight excluding hydrogens is 985 g/mol. The lowest BCUT2D eigenvalue weighted by molar-refractivity contribution is -0.167. The van der Waals surface area contributed by atoms with E-state index in [0.717, 1.165) is 64.2 Å². The summed E-state index contributed by atoms with van der Waals surface area (Å²) in [6.45, 7) is 6.65. The number of unbranched alkanes of at least 4 members (excludes halogenated alkanes) is 53. The van der Waals surface area contributed by atoms with Crippen molar-refractivity contribution in [2.24, 2.45) is 0 Å². The first kappa shape index (κ1) is 77.9. The highest BCUT2D eigenvalue weighted by molar-refractivity contribution is 5.71. The topological polar surface area (TPSA) is 78.9 Å². The molecule has 0 aromatic carbocycles. The molecule has 0 aliphatic heterocycles. The van der Waals surface area contributed by atoms with Crippen LogP contribution in [0.3, 0.4) is 0 Å². The van der Waals surface area contributed by atoms with Gasteiger partial charge in [0.05, 0.1) is 0 Å². The van der Waals surface area contributed by atoms with Crippen molar-refractivity contribution in [1.82, 2.24) is 0 Å². The molecule has 0 spiro atoms. The minimum absolute atomic E-state index is 0.0651. The highest BCUT2D eigenvalue weighted by Gasteiger charge is 2.19. The van der Waals surface area contributed by atoms with Crippen LogP contribution in [0.25, 0.3) is 0 Å². The lowest BCUT2D eigenvalue weighted by atomic mass is 10.0. The highest BCUT2D eigenvalue weighted by Crippen LogP contribution is 2.19. The molecule has 80 heavy (non-hydrogen) atoms. The van der Waals surface area contributed by atoms with E-state index in [1.54, 1.807) is 0 Å². The van der Waals surface area contributed by atoms with Crippen LogP contribution in [0.1, 0.15) is 412 Å². The second-order valence-electron chi connectivity index (χ2n) is 24.9. The van der Waals surface area contributed by atoms with Crippen molar-refractivity contribution in [3.63, 3.8) is 0 Å². The summed E-state index contributed by atoms with van der Waals surface area (Å²) < 4.78 is 16.9. The van der Waals surface area contributed by atoms with Crippen molar-refractivity contribution < 1.29 is 28.6 Å². The van der Waals surface area contributed by atoms with E-state index in [-0.39, 0.29) is 31.1 Å². The van der Waals surface area contributed by atoms with Gasteiger partial charge in [-0.15, -0.1) is 0 Å². The number of allylic oxidation sites excluding steroid dienone is 4. The third-order valence-corrected chi connectivity index (χ3v) is 16.7. The lowest BCUT2D eigenvalue weighted by Crippen LogP contribution is -2.30. The van der Waals surface area contributed by atoms with Crippen LogP contribution in [0, 0.1) is 0 Å². The molecule has 0 saturated heterocycles. The molecule has 0 fully saturated rings. The molecular formula is C74H140O6. The number of hydrogen-bond acceptors (Lipinski definition) is 6. The largest absolute Gasteiger partial charge is 0.462 e. The van der Waals surface area contributed by atoms with Crippen LogP contribution < -0.4 is 0 Å². The normalized spacial score (nSPS) is 12.1. The fourth-order valence-corrected chi connectivity index (χ4v) is 11.2. The first-order valence-corrected chi connectivity index (χ1v) is 36.3. The Balaban J connectivity index is 3.95. The molecule has 0 radical (unpaired) electrons. The first-order valence-electron chi connectivity index (χ1n) is 36.3. The first-order chi connectivity index (χ1) is 39.5. The zero-order chi connectivity index (χ0) is 57.8. The summed E-state index contributed by atoms with van der Waals surface area (Å²) in [6, 6.07) is 0. The second kappa shape index (κ2) is 69.4. The average molecular weight is 1130 g/mol. The Labute approximate surface area is 500 Å². The number of hydrogen-bond donors (Lipinski definition) is 0. The number of ether oxygens (including phenoxy) is 3. The van der Waals surface area contributed by atoms with Gasteiger partial charge in [-0.25, -0.2) is 0 Å². The predicted molar refractivity (Wildman–Crippen MR) is 349 cm³/mol. The summed E-state index contributed by atoms with van der Waals surface area (Å²) in [5.41, 5.74) is 0. The summed E-state index contributed by atoms with van der Waals surface area (Å²) in [7, 11) is 0. The molecule has 0 bridgehead atoms. The van der Waals surface area contributed by atoms with Gasteiger partial charge in [-0.05, 0) is 51.4 Å². The molecule has 0 saturated carbocycles. The van der Waals surface area contributed by atoms with E-state index in [9.17, 15) is 14.4 Å². The minimum Gasteiger partial charge on any atom is -0.462 e. The third kappa shape index (κ3) is 66.7. The van der Waals surface area contributed by atoms with Crippen LogP contribution in [0.15, 0.2) is 24.3 Å². The molecule has 6 nitrogen and oxygen atoms in total. The minimum atomic E-state index is -0.765. The van der Waals surface area contributed by atoms with Gasteiger partial charge >= 0.3 is 17.9 Å². The van der Waals surface area contributed by atoms with Crippen LogP contribution in [0.4, 0.5) is 0 Å².